The highest BCUT2D eigenvalue weighted by molar-refractivity contribution is 6.35. The van der Waals surface area contributed by atoms with Crippen molar-refractivity contribution >= 4 is 34.9 Å². The van der Waals surface area contributed by atoms with Crippen LogP contribution in [0.5, 0.6) is 0 Å². The first kappa shape index (κ1) is 18.7. The lowest BCUT2D eigenvalue weighted by Gasteiger charge is -2.29. The molecule has 0 saturated carbocycles. The first-order valence-corrected chi connectivity index (χ1v) is 7.83. The summed E-state index contributed by atoms with van der Waals surface area (Å²) in [4.78, 5) is 25.7. The Morgan fingerprint density at radius 3 is 2.46 bits per heavy atom. The SMILES string of the molecule is COC(CN1C(=O)C(O)=C(C(C)=O)C1c1ccc(Cl)cc1Cl)OC. The predicted octanol–water partition coefficient (Wildman–Crippen LogP) is 2.90. The molecule has 1 aromatic carbocycles. The number of nitrogens with zero attached hydrogens (tertiary/aromatic N) is 1. The Labute approximate surface area is 149 Å². The second-order valence-corrected chi connectivity index (χ2v) is 6.09. The third-order valence-corrected chi connectivity index (χ3v) is 4.37. The molecule has 1 heterocycles. The number of ether oxygens (including phenoxy) is 2. The van der Waals surface area contributed by atoms with Gasteiger partial charge in [0.25, 0.3) is 5.91 Å². The molecule has 0 fully saturated rings. The third kappa shape index (κ3) is 3.42. The Kier molecular flexibility index (Phi) is 5.87. The van der Waals surface area contributed by atoms with Crippen molar-refractivity contribution in [3.8, 4) is 0 Å². The van der Waals surface area contributed by atoms with Crippen molar-refractivity contribution in [3.63, 3.8) is 0 Å². The van der Waals surface area contributed by atoms with E-state index in [0.29, 0.717) is 10.6 Å². The number of halogens is 2. The standard InChI is InChI=1S/C16H17Cl2NO5/c1-8(20)13-14(10-5-4-9(17)6-11(10)18)19(16(22)15(13)21)7-12(23-2)24-3/h4-6,12,14,21H,7H2,1-3H3. The largest absolute Gasteiger partial charge is 0.503 e. The van der Waals surface area contributed by atoms with Gasteiger partial charge in [0, 0.05) is 24.3 Å². The number of methoxy groups -OCH3 is 2. The zero-order valence-corrected chi connectivity index (χ0v) is 14.9. The molecule has 130 valence electrons. The number of Topliss-reactive ketones (excluding diaryl/α,β-unsaturated/α-hetero) is 1. The number of carbonyl (C=O) groups excluding carboxylic acids is 2. The minimum absolute atomic E-state index is 0.0102. The molecule has 0 radical (unpaired) electrons. The van der Waals surface area contributed by atoms with E-state index >= 15 is 0 Å². The van der Waals surface area contributed by atoms with E-state index in [-0.39, 0.29) is 17.1 Å². The van der Waals surface area contributed by atoms with Gasteiger partial charge < -0.3 is 19.5 Å². The monoisotopic (exact) mass is 373 g/mol. The molecule has 2 rings (SSSR count). The van der Waals surface area contributed by atoms with Crippen molar-refractivity contribution in [1.82, 2.24) is 4.90 Å². The van der Waals surface area contributed by atoms with Crippen LogP contribution in [0, 0.1) is 0 Å². The quantitative estimate of drug-likeness (QED) is 0.775. The Balaban J connectivity index is 2.54. The van der Waals surface area contributed by atoms with Gasteiger partial charge >= 0.3 is 0 Å². The molecule has 0 saturated heterocycles. The summed E-state index contributed by atoms with van der Waals surface area (Å²) in [6.07, 6.45) is -0.721. The van der Waals surface area contributed by atoms with Gasteiger partial charge in [0.05, 0.1) is 18.2 Å². The summed E-state index contributed by atoms with van der Waals surface area (Å²) in [5, 5.41) is 10.9. The number of aliphatic hydroxyl groups is 1. The van der Waals surface area contributed by atoms with Gasteiger partial charge in [-0.15, -0.1) is 0 Å². The Bertz CT molecular complexity index is 700. The lowest BCUT2D eigenvalue weighted by Crippen LogP contribution is -2.39. The van der Waals surface area contributed by atoms with Crippen LogP contribution in [0.25, 0.3) is 0 Å². The summed E-state index contributed by atoms with van der Waals surface area (Å²) in [5.74, 6) is -1.70. The zero-order chi connectivity index (χ0) is 18.0. The maximum Gasteiger partial charge on any atom is 0.290 e. The number of aliphatic hydroxyl groups excluding tert-OH is 1. The third-order valence-electron chi connectivity index (χ3n) is 3.81. The van der Waals surface area contributed by atoms with E-state index in [1.807, 2.05) is 0 Å². The minimum atomic E-state index is -0.840. The van der Waals surface area contributed by atoms with E-state index in [4.69, 9.17) is 32.7 Å². The summed E-state index contributed by atoms with van der Waals surface area (Å²) in [6, 6.07) is 3.89. The lowest BCUT2D eigenvalue weighted by atomic mass is 9.96. The predicted molar refractivity (Wildman–Crippen MR) is 89.1 cm³/mol. The van der Waals surface area contributed by atoms with Gasteiger partial charge in [-0.05, 0) is 24.6 Å². The summed E-state index contributed by atoms with van der Waals surface area (Å²) in [7, 11) is 2.86. The highest BCUT2D eigenvalue weighted by Gasteiger charge is 2.44. The number of amides is 1. The van der Waals surface area contributed by atoms with Gasteiger partial charge in [0.15, 0.2) is 17.8 Å². The maximum absolute atomic E-state index is 12.4. The Hall–Kier alpha value is -1.60. The van der Waals surface area contributed by atoms with Crippen LogP contribution in [0.2, 0.25) is 10.0 Å². The number of ketones is 1. The van der Waals surface area contributed by atoms with Crippen LogP contribution in [0.1, 0.15) is 18.5 Å². The summed E-state index contributed by atoms with van der Waals surface area (Å²) >= 11 is 12.2. The molecule has 1 aliphatic heterocycles. The second kappa shape index (κ2) is 7.53. The fourth-order valence-electron chi connectivity index (χ4n) is 2.65. The molecule has 1 amide bonds. The van der Waals surface area contributed by atoms with Crippen LogP contribution in [0.15, 0.2) is 29.5 Å². The molecule has 1 aliphatic rings. The summed E-state index contributed by atoms with van der Waals surface area (Å²) < 4.78 is 10.2. The second-order valence-electron chi connectivity index (χ2n) is 5.25. The minimum Gasteiger partial charge on any atom is -0.503 e. The number of hydrogen-bond acceptors (Lipinski definition) is 5. The maximum atomic E-state index is 12.4. The van der Waals surface area contributed by atoms with Gasteiger partial charge in [-0.25, -0.2) is 0 Å². The normalized spacial score (nSPS) is 18.0. The van der Waals surface area contributed by atoms with E-state index in [2.05, 4.69) is 0 Å². The number of hydrogen-bond donors (Lipinski definition) is 1. The smallest absolute Gasteiger partial charge is 0.290 e. The molecule has 0 aromatic heterocycles. The van der Waals surface area contributed by atoms with Gasteiger partial charge in [-0.1, -0.05) is 29.3 Å². The van der Waals surface area contributed by atoms with Crippen LogP contribution in [0.4, 0.5) is 0 Å². The van der Waals surface area contributed by atoms with Crippen LogP contribution in [0.3, 0.4) is 0 Å². The van der Waals surface area contributed by atoms with Gasteiger partial charge in [-0.2, -0.15) is 0 Å². The number of benzene rings is 1. The molecule has 0 bridgehead atoms. The van der Waals surface area contributed by atoms with Crippen LogP contribution in [-0.2, 0) is 19.1 Å². The lowest BCUT2D eigenvalue weighted by molar-refractivity contribution is -0.144. The van der Waals surface area contributed by atoms with E-state index in [1.54, 1.807) is 12.1 Å². The highest BCUT2D eigenvalue weighted by Crippen LogP contribution is 2.41. The molecule has 0 aliphatic carbocycles. The van der Waals surface area contributed by atoms with Crippen molar-refractivity contribution in [2.75, 3.05) is 20.8 Å². The van der Waals surface area contributed by atoms with Crippen LogP contribution >= 0.6 is 23.2 Å². The molecule has 1 unspecified atom stereocenters. The Morgan fingerprint density at radius 2 is 1.96 bits per heavy atom. The molecular weight excluding hydrogens is 357 g/mol. The number of carbonyl (C=O) groups is 2. The molecule has 6 nitrogen and oxygen atoms in total. The number of rotatable bonds is 6. The average Bonchev–Trinajstić information content (AvgIpc) is 2.77. The highest BCUT2D eigenvalue weighted by atomic mass is 35.5. The molecule has 8 heteroatoms. The first-order chi connectivity index (χ1) is 11.3. The fraction of sp³-hybridized carbons (Fsp3) is 0.375. The molecule has 1 N–H and O–H groups in total. The molecule has 0 spiro atoms. The van der Waals surface area contributed by atoms with Crippen molar-refractivity contribution < 1.29 is 24.2 Å². The molecule has 1 atom stereocenters. The summed E-state index contributed by atoms with van der Waals surface area (Å²) in [5.41, 5.74) is 0.463. The van der Waals surface area contributed by atoms with E-state index in [0.717, 1.165) is 0 Å². The fourth-order valence-corrected chi connectivity index (χ4v) is 3.17. The average molecular weight is 374 g/mol. The van der Waals surface area contributed by atoms with Crippen LogP contribution in [-0.4, -0.2) is 48.8 Å². The van der Waals surface area contributed by atoms with E-state index < -0.39 is 29.8 Å². The van der Waals surface area contributed by atoms with E-state index in [1.165, 1.54) is 32.1 Å². The molecule has 1 aromatic rings. The van der Waals surface area contributed by atoms with E-state index in [9.17, 15) is 14.7 Å². The topological polar surface area (TPSA) is 76.1 Å². The Morgan fingerprint density at radius 1 is 1.33 bits per heavy atom. The van der Waals surface area contributed by atoms with Crippen LogP contribution < -0.4 is 0 Å². The van der Waals surface area contributed by atoms with Gasteiger partial charge in [0.1, 0.15) is 0 Å². The van der Waals surface area contributed by atoms with Crippen molar-refractivity contribution in [3.05, 3.63) is 45.1 Å². The zero-order valence-electron chi connectivity index (χ0n) is 13.4. The van der Waals surface area contributed by atoms with Crippen molar-refractivity contribution in [2.45, 2.75) is 19.3 Å². The van der Waals surface area contributed by atoms with Crippen molar-refractivity contribution in [1.29, 1.82) is 0 Å². The van der Waals surface area contributed by atoms with Gasteiger partial charge in [-0.3, -0.25) is 9.59 Å². The molecular formula is C16H17Cl2NO5. The molecule has 24 heavy (non-hydrogen) atoms. The van der Waals surface area contributed by atoms with Gasteiger partial charge in [0.2, 0.25) is 0 Å². The summed E-state index contributed by atoms with van der Waals surface area (Å²) in [6.45, 7) is 1.29. The first-order valence-electron chi connectivity index (χ1n) is 7.07. The van der Waals surface area contributed by atoms with Crippen molar-refractivity contribution in [2.24, 2.45) is 0 Å².